The van der Waals surface area contributed by atoms with E-state index in [9.17, 15) is 10.2 Å². The van der Waals surface area contributed by atoms with Gasteiger partial charge in [0.25, 0.3) is 0 Å². The van der Waals surface area contributed by atoms with Crippen LogP contribution in [0.15, 0.2) is 84.0 Å². The molecule has 292 valence electrons. The zero-order valence-electron chi connectivity index (χ0n) is 34.4. The molecule has 8 atom stereocenters. The number of hydrogen-bond acceptors (Lipinski definition) is 3. The molecule has 2 fully saturated rings. The van der Waals surface area contributed by atoms with Crippen LogP contribution in [-0.4, -0.2) is 31.9 Å². The van der Waals surface area contributed by atoms with Crippen molar-refractivity contribution in [3.8, 4) is 0 Å². The Morgan fingerprint density at radius 1 is 0.585 bits per heavy atom. The largest absolute Gasteiger partial charge is 0.392 e. The lowest BCUT2D eigenvalue weighted by Crippen LogP contribution is -2.48. The molecule has 2 nitrogen and oxygen atoms in total. The highest BCUT2D eigenvalue weighted by molar-refractivity contribution is 8.02. The van der Waals surface area contributed by atoms with Crippen molar-refractivity contribution in [1.29, 1.82) is 0 Å². The van der Waals surface area contributed by atoms with E-state index in [2.05, 4.69) is 126 Å². The fourth-order valence-electron chi connectivity index (χ4n) is 11.8. The van der Waals surface area contributed by atoms with E-state index in [0.717, 1.165) is 51.4 Å². The number of thioether (sulfide) groups is 1. The molecule has 0 aliphatic heterocycles. The van der Waals surface area contributed by atoms with Crippen LogP contribution in [0.25, 0.3) is 0 Å². The maximum absolute atomic E-state index is 12.0. The Bertz CT molecular complexity index is 1390. The second kappa shape index (κ2) is 17.5. The smallest absolute Gasteiger partial charge is 0.0636 e. The fraction of sp³-hybridized carbons (Fsp3) is 0.680. The van der Waals surface area contributed by atoms with Gasteiger partial charge in [0.2, 0.25) is 0 Å². The van der Waals surface area contributed by atoms with Crippen molar-refractivity contribution in [2.45, 2.75) is 179 Å². The summed E-state index contributed by atoms with van der Waals surface area (Å²) in [4.78, 5) is 0. The van der Waals surface area contributed by atoms with Gasteiger partial charge in [-0.15, -0.1) is 11.8 Å². The number of hydrogen-bond donors (Lipinski definition) is 2. The monoisotopic (exact) mass is 739 g/mol. The zero-order valence-corrected chi connectivity index (χ0v) is 35.2. The Hall–Kier alpha value is -1.81. The van der Waals surface area contributed by atoms with Gasteiger partial charge < -0.3 is 10.2 Å². The molecule has 6 rings (SSSR count). The van der Waals surface area contributed by atoms with Crippen LogP contribution in [0.4, 0.5) is 0 Å². The molecule has 0 spiro atoms. The van der Waals surface area contributed by atoms with E-state index >= 15 is 0 Å². The third kappa shape index (κ3) is 8.94. The quantitative estimate of drug-likeness (QED) is 0.190. The molecule has 0 aromatic heterocycles. The van der Waals surface area contributed by atoms with Crippen molar-refractivity contribution in [3.63, 3.8) is 0 Å². The lowest BCUT2D eigenvalue weighted by Gasteiger charge is -2.53. The van der Waals surface area contributed by atoms with Crippen LogP contribution >= 0.6 is 11.8 Å². The molecule has 2 N–H and O–H groups in total. The summed E-state index contributed by atoms with van der Waals surface area (Å²) >= 11 is 2.34. The Morgan fingerprint density at radius 3 is 1.28 bits per heavy atom. The number of rotatable bonds is 14. The Morgan fingerprint density at radius 2 is 0.943 bits per heavy atom. The summed E-state index contributed by atoms with van der Waals surface area (Å²) in [5.74, 6) is 0.869. The summed E-state index contributed by atoms with van der Waals surface area (Å²) in [6.07, 6.45) is 25.9. The maximum atomic E-state index is 12.0. The average molecular weight is 739 g/mol. The van der Waals surface area contributed by atoms with E-state index in [-0.39, 0.29) is 56.2 Å². The van der Waals surface area contributed by atoms with E-state index in [4.69, 9.17) is 0 Å². The molecule has 0 radical (unpaired) electrons. The third-order valence-corrected chi connectivity index (χ3v) is 16.9. The van der Waals surface area contributed by atoms with E-state index in [1.165, 1.54) is 75.3 Å². The highest BCUT2D eigenvalue weighted by Gasteiger charge is 2.52. The van der Waals surface area contributed by atoms with Gasteiger partial charge in [0.05, 0.1) is 12.2 Å². The molecule has 2 saturated carbocycles. The maximum Gasteiger partial charge on any atom is 0.0636 e. The lowest BCUT2D eigenvalue weighted by molar-refractivity contribution is -0.00831. The van der Waals surface area contributed by atoms with Gasteiger partial charge in [-0.3, -0.25) is 0 Å². The van der Waals surface area contributed by atoms with Crippen LogP contribution in [0.3, 0.4) is 0 Å². The highest BCUT2D eigenvalue weighted by atomic mass is 32.2. The van der Waals surface area contributed by atoms with Crippen LogP contribution in [0, 0.1) is 34.5 Å². The van der Waals surface area contributed by atoms with Crippen molar-refractivity contribution in [3.05, 3.63) is 95.1 Å². The van der Waals surface area contributed by atoms with E-state index in [1.54, 1.807) is 11.1 Å². The standard InChI is InChI=1S/C50H74O2S/c1-7-25-49(35-39-21-13-9-14-22-39,41-31-37(3)45(51)43(33-41)47(5)27-17-11-18-28-47)53-50(26-8-2,36-40-23-15-10-16-24-40)42-32-38(4)46(52)44(34-42)48(6)29-19-12-20-30-48/h9-10,13-16,21-24,33-34,37-38,43-46,51-52H,7-8,11-12,17-20,25-32,35-36H2,1-6H3. The molecular weight excluding hydrogens is 665 g/mol. The molecule has 0 amide bonds. The predicted octanol–water partition coefficient (Wildman–Crippen LogP) is 13.1. The van der Waals surface area contributed by atoms with Crippen LogP contribution in [0.5, 0.6) is 0 Å². The van der Waals surface area contributed by atoms with Gasteiger partial charge in [-0.05, 0) is 98.0 Å². The second-order valence-corrected chi connectivity index (χ2v) is 20.9. The van der Waals surface area contributed by atoms with Crippen LogP contribution in [-0.2, 0) is 12.8 Å². The molecule has 0 heterocycles. The fourth-order valence-corrected chi connectivity index (χ4v) is 14.2. The summed E-state index contributed by atoms with van der Waals surface area (Å²) in [5, 5.41) is 24.0. The topological polar surface area (TPSA) is 40.5 Å². The predicted molar refractivity (Wildman–Crippen MR) is 228 cm³/mol. The molecule has 2 aromatic rings. The molecule has 0 saturated heterocycles. The van der Waals surface area contributed by atoms with E-state index < -0.39 is 0 Å². The number of benzene rings is 2. The Kier molecular flexibility index (Phi) is 13.5. The first kappa shape index (κ1) is 40.8. The van der Waals surface area contributed by atoms with Gasteiger partial charge in [-0.1, -0.05) is 177 Å². The highest BCUT2D eigenvalue weighted by Crippen LogP contribution is 2.60. The lowest BCUT2D eigenvalue weighted by atomic mass is 9.60. The molecule has 4 aliphatic carbocycles. The third-order valence-electron chi connectivity index (χ3n) is 14.9. The van der Waals surface area contributed by atoms with Gasteiger partial charge in [0, 0.05) is 21.3 Å². The SMILES string of the molecule is CCCC(Cc1ccccc1)(SC(CCC)(Cc1ccccc1)C1=CC(C2(C)CCCCC2)C(O)C(C)C1)C1=CC(C2(C)CCCCC2)C(O)C(C)C1. The van der Waals surface area contributed by atoms with Crippen molar-refractivity contribution >= 4 is 11.8 Å². The first-order valence-corrected chi connectivity index (χ1v) is 22.8. The first-order chi connectivity index (χ1) is 25.5. The molecule has 0 bridgehead atoms. The molecule has 3 heteroatoms. The summed E-state index contributed by atoms with van der Waals surface area (Å²) in [7, 11) is 0. The molecule has 8 unspecified atom stereocenters. The summed E-state index contributed by atoms with van der Waals surface area (Å²) in [6, 6.07) is 22.7. The van der Waals surface area contributed by atoms with Gasteiger partial charge in [-0.25, -0.2) is 0 Å². The summed E-state index contributed by atoms with van der Waals surface area (Å²) in [5.41, 5.74) is 6.36. The van der Waals surface area contributed by atoms with E-state index in [0.29, 0.717) is 0 Å². The average Bonchev–Trinajstić information content (AvgIpc) is 3.15. The minimum atomic E-state index is -0.284. The molecule has 4 aliphatic rings. The van der Waals surface area contributed by atoms with Crippen LogP contribution in [0.1, 0.15) is 155 Å². The van der Waals surface area contributed by atoms with Crippen molar-refractivity contribution in [2.75, 3.05) is 0 Å². The van der Waals surface area contributed by atoms with Crippen molar-refractivity contribution in [2.24, 2.45) is 34.5 Å². The Labute approximate surface area is 329 Å². The summed E-state index contributed by atoms with van der Waals surface area (Å²) in [6.45, 7) is 14.5. The normalized spacial score (nSPS) is 31.1. The summed E-state index contributed by atoms with van der Waals surface area (Å²) < 4.78 is -0.218. The van der Waals surface area contributed by atoms with E-state index in [1.807, 2.05) is 0 Å². The minimum Gasteiger partial charge on any atom is -0.392 e. The van der Waals surface area contributed by atoms with Crippen molar-refractivity contribution < 1.29 is 10.2 Å². The molecular formula is C50H74O2S. The minimum absolute atomic E-state index is 0.109. The number of aliphatic hydroxyl groups excluding tert-OH is 2. The second-order valence-electron chi connectivity index (χ2n) is 19.1. The van der Waals surface area contributed by atoms with Gasteiger partial charge in [-0.2, -0.15) is 0 Å². The van der Waals surface area contributed by atoms with Crippen LogP contribution < -0.4 is 0 Å². The van der Waals surface area contributed by atoms with Crippen molar-refractivity contribution in [1.82, 2.24) is 0 Å². The zero-order chi connectivity index (χ0) is 37.7. The molecule has 53 heavy (non-hydrogen) atoms. The van der Waals surface area contributed by atoms with Crippen LogP contribution in [0.2, 0.25) is 0 Å². The first-order valence-electron chi connectivity index (χ1n) is 22.0. The number of aliphatic hydroxyl groups is 2. The van der Waals surface area contributed by atoms with Gasteiger partial charge in [0.1, 0.15) is 0 Å². The van der Waals surface area contributed by atoms with Gasteiger partial charge in [0.15, 0.2) is 0 Å². The Balaban J connectivity index is 1.56. The molecule has 2 aromatic carbocycles. The van der Waals surface area contributed by atoms with Gasteiger partial charge >= 0.3 is 0 Å².